The van der Waals surface area contributed by atoms with Gasteiger partial charge in [0.15, 0.2) is 0 Å². The summed E-state index contributed by atoms with van der Waals surface area (Å²) in [6.07, 6.45) is 5.61. The summed E-state index contributed by atoms with van der Waals surface area (Å²) >= 11 is 1.49. The average Bonchev–Trinajstić information content (AvgIpc) is 3.53. The van der Waals surface area contributed by atoms with E-state index in [9.17, 15) is 24.3 Å². The fraction of sp³-hybridized carbons (Fsp3) is 0.556. The summed E-state index contributed by atoms with van der Waals surface area (Å²) < 4.78 is 0. The highest BCUT2D eigenvalue weighted by Crippen LogP contribution is 2.39. The minimum Gasteiger partial charge on any atom is -0.481 e. The Morgan fingerprint density at radius 2 is 1.55 bits per heavy atom. The number of anilines is 2. The van der Waals surface area contributed by atoms with Crippen molar-refractivity contribution in [2.45, 2.75) is 118 Å². The third-order valence-corrected chi connectivity index (χ3v) is 12.8. The first-order chi connectivity index (χ1) is 26.1. The van der Waals surface area contributed by atoms with Gasteiger partial charge in [-0.2, -0.15) is 0 Å². The maximum atomic E-state index is 14.0. The van der Waals surface area contributed by atoms with E-state index in [-0.39, 0.29) is 49.4 Å². The lowest BCUT2D eigenvalue weighted by Gasteiger charge is -2.38. The van der Waals surface area contributed by atoms with Crippen molar-refractivity contribution >= 4 is 45.7 Å². The molecule has 1 aliphatic carbocycles. The van der Waals surface area contributed by atoms with Crippen LogP contribution in [0.1, 0.15) is 130 Å². The number of carboxylic acids is 1. The number of aliphatic carboxylic acids is 1. The molecule has 0 saturated carbocycles. The average molecular weight is 788 g/mol. The first-order valence-electron chi connectivity index (χ1n) is 20.0. The van der Waals surface area contributed by atoms with Crippen LogP contribution in [0.3, 0.4) is 0 Å². The molecular formula is C45H65N5O5S. The normalized spacial score (nSPS) is 15.1. The van der Waals surface area contributed by atoms with Crippen molar-refractivity contribution in [3.63, 3.8) is 0 Å². The lowest BCUT2D eigenvalue weighted by molar-refractivity contribution is -0.148. The molecule has 0 spiro atoms. The number of nitrogens with zero attached hydrogens (tertiary/aromatic N) is 3. The number of amides is 3. The topological polar surface area (TPSA) is 122 Å². The SMILES string of the molecule is C.CCC(CC)N(Cc1cccc(C(=O)Nc2sc3c(c2C(=O)Nc2ccc(C(C)(C)CN4CCN(C)CC4)cc2)CCCC3)c1)C(=O)CCC(C)(C)C(=O)O. The second kappa shape index (κ2) is 19.4. The molecule has 11 heteroatoms. The van der Waals surface area contributed by atoms with Crippen molar-refractivity contribution in [1.82, 2.24) is 14.7 Å². The number of nitrogens with one attached hydrogen (secondary N) is 2. The number of aryl methyl sites for hydroxylation is 1. The van der Waals surface area contributed by atoms with Gasteiger partial charge in [-0.3, -0.25) is 24.1 Å². The summed E-state index contributed by atoms with van der Waals surface area (Å²) in [5.41, 5.74) is 3.70. The molecule has 56 heavy (non-hydrogen) atoms. The predicted octanol–water partition coefficient (Wildman–Crippen LogP) is 8.70. The van der Waals surface area contributed by atoms with Gasteiger partial charge in [-0.15, -0.1) is 11.3 Å². The van der Waals surface area contributed by atoms with Crippen molar-refractivity contribution in [3.8, 4) is 0 Å². The summed E-state index contributed by atoms with van der Waals surface area (Å²) in [5, 5.41) is 16.4. The van der Waals surface area contributed by atoms with E-state index in [4.69, 9.17) is 0 Å². The van der Waals surface area contributed by atoms with E-state index in [1.54, 1.807) is 26.0 Å². The zero-order valence-corrected chi connectivity index (χ0v) is 34.7. The van der Waals surface area contributed by atoms with Crippen LogP contribution in [0.25, 0.3) is 0 Å². The highest BCUT2D eigenvalue weighted by atomic mass is 32.1. The Morgan fingerprint density at radius 3 is 2.20 bits per heavy atom. The minimum atomic E-state index is -1.00. The van der Waals surface area contributed by atoms with E-state index >= 15 is 0 Å². The zero-order chi connectivity index (χ0) is 39.9. The fourth-order valence-corrected chi connectivity index (χ4v) is 9.03. The van der Waals surface area contributed by atoms with Gasteiger partial charge >= 0.3 is 5.97 Å². The first-order valence-corrected chi connectivity index (χ1v) is 20.8. The van der Waals surface area contributed by atoms with Crippen LogP contribution in [0.5, 0.6) is 0 Å². The van der Waals surface area contributed by atoms with Crippen molar-refractivity contribution in [2.75, 3.05) is 50.4 Å². The molecule has 0 radical (unpaired) electrons. The summed E-state index contributed by atoms with van der Waals surface area (Å²) in [4.78, 5) is 61.0. The Kier molecular flexibility index (Phi) is 15.5. The van der Waals surface area contributed by atoms with Gasteiger partial charge in [0.05, 0.1) is 11.0 Å². The number of carbonyl (C=O) groups excluding carboxylic acids is 3. The molecule has 3 amide bonds. The molecule has 1 saturated heterocycles. The van der Waals surface area contributed by atoms with Crippen LogP contribution in [-0.2, 0) is 34.4 Å². The van der Waals surface area contributed by atoms with Crippen LogP contribution in [-0.4, -0.2) is 89.3 Å². The number of hydrogen-bond donors (Lipinski definition) is 3. The van der Waals surface area contributed by atoms with Gasteiger partial charge in [-0.1, -0.05) is 59.4 Å². The fourth-order valence-electron chi connectivity index (χ4n) is 7.75. The lowest BCUT2D eigenvalue weighted by atomic mass is 9.84. The van der Waals surface area contributed by atoms with E-state index in [0.717, 1.165) is 87.3 Å². The van der Waals surface area contributed by atoms with Crippen molar-refractivity contribution in [1.29, 1.82) is 0 Å². The molecule has 1 fully saturated rings. The Balaban J connectivity index is 0.00000696. The Bertz CT molecular complexity index is 1820. The van der Waals surface area contributed by atoms with E-state index in [0.29, 0.717) is 28.4 Å². The maximum Gasteiger partial charge on any atom is 0.309 e. The third-order valence-electron chi connectivity index (χ3n) is 11.6. The molecule has 0 atom stereocenters. The number of carbonyl (C=O) groups is 4. The van der Waals surface area contributed by atoms with Crippen LogP contribution in [0, 0.1) is 5.41 Å². The lowest BCUT2D eigenvalue weighted by Crippen LogP contribution is -2.48. The third kappa shape index (κ3) is 11.1. The number of carboxylic acid groups (broad SMARTS) is 1. The summed E-state index contributed by atoms with van der Waals surface area (Å²) in [5.74, 6) is -1.56. The van der Waals surface area contributed by atoms with Crippen LogP contribution >= 0.6 is 11.3 Å². The van der Waals surface area contributed by atoms with Crippen LogP contribution in [0.2, 0.25) is 0 Å². The molecule has 1 aliphatic heterocycles. The Hall–Kier alpha value is -4.06. The molecule has 1 aromatic heterocycles. The molecule has 2 aromatic carbocycles. The highest BCUT2D eigenvalue weighted by Gasteiger charge is 2.31. The van der Waals surface area contributed by atoms with Crippen LogP contribution in [0.15, 0.2) is 48.5 Å². The highest BCUT2D eigenvalue weighted by molar-refractivity contribution is 7.17. The molecular weight excluding hydrogens is 723 g/mol. The second-order valence-corrected chi connectivity index (χ2v) is 17.9. The van der Waals surface area contributed by atoms with Crippen LogP contribution in [0.4, 0.5) is 10.7 Å². The van der Waals surface area contributed by atoms with Crippen molar-refractivity contribution in [3.05, 3.63) is 81.2 Å². The molecule has 0 bridgehead atoms. The Labute approximate surface area is 339 Å². The zero-order valence-electron chi connectivity index (χ0n) is 33.9. The number of rotatable bonds is 16. The van der Waals surface area contributed by atoms with Crippen molar-refractivity contribution < 1.29 is 24.3 Å². The summed E-state index contributed by atoms with van der Waals surface area (Å²) in [6.45, 7) is 17.5. The minimum absolute atomic E-state index is 0. The van der Waals surface area contributed by atoms with Gasteiger partial charge < -0.3 is 25.5 Å². The van der Waals surface area contributed by atoms with Gasteiger partial charge in [0, 0.05) is 73.3 Å². The largest absolute Gasteiger partial charge is 0.481 e. The molecule has 306 valence electrons. The van der Waals surface area contributed by atoms with E-state index in [1.165, 1.54) is 16.9 Å². The molecule has 10 nitrogen and oxygen atoms in total. The van der Waals surface area contributed by atoms with Gasteiger partial charge in [-0.05, 0) is 107 Å². The molecule has 3 N–H and O–H groups in total. The monoisotopic (exact) mass is 787 g/mol. The van der Waals surface area contributed by atoms with Gasteiger partial charge in [0.25, 0.3) is 11.8 Å². The molecule has 2 aliphatic rings. The molecule has 0 unspecified atom stereocenters. The summed E-state index contributed by atoms with van der Waals surface area (Å²) in [6, 6.07) is 15.4. The molecule has 2 heterocycles. The predicted molar refractivity (Wildman–Crippen MR) is 229 cm³/mol. The molecule has 5 rings (SSSR count). The molecule has 3 aromatic rings. The first kappa shape index (κ1) is 44.7. The van der Waals surface area contributed by atoms with Gasteiger partial charge in [-0.25, -0.2) is 0 Å². The standard InChI is InChI=1S/C44H61N5O5S.CH4/c1-8-34(9-2)49(37(50)21-22-43(3,4)42(53)54)28-30-13-12-14-31(27-30)39(51)46-41-38(35-15-10-11-16-36(35)55-41)40(52)45-33-19-17-32(18-20-33)44(5,6)29-48-25-23-47(7)24-26-48;/h12-14,17-20,27,34H,8-11,15-16,21-26,28-29H2,1-7H3,(H,45,52)(H,46,51)(H,53,54);1H4. The number of benzene rings is 2. The van der Waals surface area contributed by atoms with E-state index < -0.39 is 11.4 Å². The van der Waals surface area contributed by atoms with Crippen LogP contribution < -0.4 is 10.6 Å². The summed E-state index contributed by atoms with van der Waals surface area (Å²) in [7, 11) is 2.17. The van der Waals surface area contributed by atoms with E-state index in [1.807, 2.05) is 43.0 Å². The number of piperazine rings is 1. The Morgan fingerprint density at radius 1 is 0.893 bits per heavy atom. The maximum absolute atomic E-state index is 14.0. The van der Waals surface area contributed by atoms with Gasteiger partial charge in [0.1, 0.15) is 5.00 Å². The number of fused-ring (bicyclic) bond motifs is 1. The van der Waals surface area contributed by atoms with Gasteiger partial charge in [0.2, 0.25) is 5.91 Å². The number of likely N-dealkylation sites (N-methyl/N-ethyl adjacent to an activating group) is 1. The number of thiophene rings is 1. The van der Waals surface area contributed by atoms with E-state index in [2.05, 4.69) is 53.5 Å². The second-order valence-electron chi connectivity index (χ2n) is 16.7. The number of hydrogen-bond acceptors (Lipinski definition) is 7. The quantitative estimate of drug-likeness (QED) is 0.133. The smallest absolute Gasteiger partial charge is 0.309 e. The van der Waals surface area contributed by atoms with Crippen molar-refractivity contribution in [2.24, 2.45) is 5.41 Å².